The Bertz CT molecular complexity index is 388. The van der Waals surface area contributed by atoms with Gasteiger partial charge < -0.3 is 10.1 Å². The Morgan fingerprint density at radius 2 is 2.21 bits per heavy atom. The van der Waals surface area contributed by atoms with E-state index in [0.717, 1.165) is 6.61 Å². The first-order chi connectivity index (χ1) is 9.00. The predicted molar refractivity (Wildman–Crippen MR) is 83.0 cm³/mol. The van der Waals surface area contributed by atoms with Gasteiger partial charge in [0.1, 0.15) is 0 Å². The summed E-state index contributed by atoms with van der Waals surface area (Å²) in [4.78, 5) is 2.94. The zero-order valence-corrected chi connectivity index (χ0v) is 13.5. The second-order valence-corrected chi connectivity index (χ2v) is 7.62. The molecule has 2 unspecified atom stereocenters. The lowest BCUT2D eigenvalue weighted by atomic mass is 9.95. The van der Waals surface area contributed by atoms with Crippen LogP contribution in [0.5, 0.6) is 0 Å². The van der Waals surface area contributed by atoms with Crippen LogP contribution in [-0.2, 0) is 10.2 Å². The Kier molecular flexibility index (Phi) is 5.04. The molecule has 1 fully saturated rings. The first kappa shape index (κ1) is 15.0. The summed E-state index contributed by atoms with van der Waals surface area (Å²) in [6, 6.07) is 5.06. The van der Waals surface area contributed by atoms with Gasteiger partial charge in [0, 0.05) is 22.4 Å². The Morgan fingerprint density at radius 1 is 1.42 bits per heavy atom. The highest BCUT2D eigenvalue weighted by Gasteiger charge is 2.21. The van der Waals surface area contributed by atoms with Crippen LogP contribution in [0, 0.1) is 0 Å². The number of rotatable bonds is 5. The first-order valence-electron chi connectivity index (χ1n) is 7.40. The van der Waals surface area contributed by atoms with E-state index in [2.05, 4.69) is 45.3 Å². The normalized spacial score (nSPS) is 21.8. The van der Waals surface area contributed by atoms with Gasteiger partial charge >= 0.3 is 0 Å². The van der Waals surface area contributed by atoms with Crippen LogP contribution < -0.4 is 5.32 Å². The van der Waals surface area contributed by atoms with Crippen molar-refractivity contribution in [3.63, 3.8) is 0 Å². The molecule has 2 atom stereocenters. The maximum Gasteiger partial charge on any atom is 0.0576 e. The lowest BCUT2D eigenvalue weighted by Crippen LogP contribution is -2.17. The summed E-state index contributed by atoms with van der Waals surface area (Å²) in [6.07, 6.45) is 5.33. The molecule has 1 saturated heterocycles. The number of ether oxygens (including phenoxy) is 1. The highest BCUT2D eigenvalue weighted by atomic mass is 32.1. The lowest BCUT2D eigenvalue weighted by Gasteiger charge is -2.18. The molecular weight excluding hydrogens is 254 g/mol. The van der Waals surface area contributed by atoms with Crippen molar-refractivity contribution >= 4 is 11.3 Å². The van der Waals surface area contributed by atoms with Gasteiger partial charge in [-0.15, -0.1) is 11.3 Å². The zero-order chi connectivity index (χ0) is 13.9. The van der Waals surface area contributed by atoms with E-state index in [0.29, 0.717) is 12.1 Å². The van der Waals surface area contributed by atoms with Gasteiger partial charge in [-0.3, -0.25) is 0 Å². The number of nitrogens with one attached hydrogen (secondary N) is 1. The van der Waals surface area contributed by atoms with E-state index < -0.39 is 0 Å². The van der Waals surface area contributed by atoms with E-state index >= 15 is 0 Å². The van der Waals surface area contributed by atoms with Crippen LogP contribution >= 0.6 is 11.3 Å². The minimum absolute atomic E-state index is 0.260. The molecular formula is C16H27NOS. The largest absolute Gasteiger partial charge is 0.378 e. The van der Waals surface area contributed by atoms with Crippen molar-refractivity contribution in [1.29, 1.82) is 0 Å². The van der Waals surface area contributed by atoms with E-state index in [-0.39, 0.29) is 5.41 Å². The molecule has 1 aliphatic heterocycles. The number of hydrogen-bond donors (Lipinski definition) is 1. The van der Waals surface area contributed by atoms with Crippen LogP contribution in [0.2, 0.25) is 0 Å². The van der Waals surface area contributed by atoms with Gasteiger partial charge in [-0.2, -0.15) is 0 Å². The topological polar surface area (TPSA) is 21.3 Å². The minimum atomic E-state index is 0.260. The molecule has 0 spiro atoms. The smallest absolute Gasteiger partial charge is 0.0576 e. The quantitative estimate of drug-likeness (QED) is 0.870. The van der Waals surface area contributed by atoms with Crippen LogP contribution in [0.15, 0.2) is 12.1 Å². The van der Waals surface area contributed by atoms with Crippen molar-refractivity contribution in [3.05, 3.63) is 21.9 Å². The van der Waals surface area contributed by atoms with Crippen LogP contribution in [0.25, 0.3) is 0 Å². The molecule has 0 radical (unpaired) electrons. The zero-order valence-electron chi connectivity index (χ0n) is 12.7. The summed E-state index contributed by atoms with van der Waals surface area (Å²) >= 11 is 1.95. The van der Waals surface area contributed by atoms with Crippen LogP contribution in [0.4, 0.5) is 0 Å². The van der Waals surface area contributed by atoms with Crippen LogP contribution in [0.1, 0.15) is 62.3 Å². The predicted octanol–water partition coefficient (Wildman–Crippen LogP) is 4.27. The molecule has 108 valence electrons. The number of thiophene rings is 1. The van der Waals surface area contributed by atoms with E-state index in [1.165, 1.54) is 35.4 Å². The molecule has 3 heteroatoms. The molecule has 0 aromatic carbocycles. The van der Waals surface area contributed by atoms with Crippen molar-refractivity contribution in [1.82, 2.24) is 5.32 Å². The van der Waals surface area contributed by atoms with Crippen molar-refractivity contribution < 1.29 is 4.74 Å². The van der Waals surface area contributed by atoms with Gasteiger partial charge in [0.2, 0.25) is 0 Å². The molecule has 2 heterocycles. The van der Waals surface area contributed by atoms with Crippen molar-refractivity contribution in [2.45, 2.75) is 64.0 Å². The third kappa shape index (κ3) is 4.04. The standard InChI is InChI=1S/C16H27NOS/c1-16(2,3)15-10-9-14(19-15)13(17-4)8-7-12-6-5-11-18-12/h9-10,12-13,17H,5-8,11H2,1-4H3. The van der Waals surface area contributed by atoms with E-state index in [4.69, 9.17) is 4.74 Å². The second kappa shape index (κ2) is 6.38. The van der Waals surface area contributed by atoms with Crippen LogP contribution in [0.3, 0.4) is 0 Å². The van der Waals surface area contributed by atoms with Gasteiger partial charge in [0.15, 0.2) is 0 Å². The van der Waals surface area contributed by atoms with Gasteiger partial charge in [-0.05, 0) is 50.3 Å². The van der Waals surface area contributed by atoms with Gasteiger partial charge in [0.05, 0.1) is 6.10 Å². The van der Waals surface area contributed by atoms with Gasteiger partial charge in [-0.25, -0.2) is 0 Å². The Balaban J connectivity index is 1.94. The third-order valence-electron chi connectivity index (χ3n) is 3.86. The molecule has 0 amide bonds. The van der Waals surface area contributed by atoms with Gasteiger partial charge in [-0.1, -0.05) is 20.8 Å². The summed E-state index contributed by atoms with van der Waals surface area (Å²) < 4.78 is 5.72. The fraction of sp³-hybridized carbons (Fsp3) is 0.750. The maximum absolute atomic E-state index is 5.72. The van der Waals surface area contributed by atoms with Crippen molar-refractivity contribution in [3.8, 4) is 0 Å². The highest BCUT2D eigenvalue weighted by molar-refractivity contribution is 7.12. The van der Waals surface area contributed by atoms with Crippen molar-refractivity contribution in [2.75, 3.05) is 13.7 Å². The van der Waals surface area contributed by atoms with Gasteiger partial charge in [0.25, 0.3) is 0 Å². The molecule has 2 nitrogen and oxygen atoms in total. The number of hydrogen-bond acceptors (Lipinski definition) is 3. The van der Waals surface area contributed by atoms with Crippen molar-refractivity contribution in [2.24, 2.45) is 0 Å². The highest BCUT2D eigenvalue weighted by Crippen LogP contribution is 2.34. The van der Waals surface area contributed by atoms with Crippen LogP contribution in [-0.4, -0.2) is 19.8 Å². The monoisotopic (exact) mass is 281 g/mol. The summed E-state index contributed by atoms with van der Waals surface area (Å²) in [7, 11) is 2.07. The summed E-state index contributed by atoms with van der Waals surface area (Å²) in [5.41, 5.74) is 0.260. The Morgan fingerprint density at radius 3 is 2.74 bits per heavy atom. The molecule has 19 heavy (non-hydrogen) atoms. The Labute approximate surface area is 121 Å². The Hall–Kier alpha value is -0.380. The fourth-order valence-electron chi connectivity index (χ4n) is 2.60. The lowest BCUT2D eigenvalue weighted by molar-refractivity contribution is 0.0999. The molecule has 0 saturated carbocycles. The average Bonchev–Trinajstić information content (AvgIpc) is 2.98. The minimum Gasteiger partial charge on any atom is -0.378 e. The fourth-order valence-corrected chi connectivity index (χ4v) is 3.81. The molecule has 1 aromatic heterocycles. The maximum atomic E-state index is 5.72. The SMILES string of the molecule is CNC(CCC1CCCO1)c1ccc(C(C)(C)C)s1. The summed E-state index contributed by atoms with van der Waals surface area (Å²) in [5, 5.41) is 3.46. The third-order valence-corrected chi connectivity index (χ3v) is 5.48. The average molecular weight is 281 g/mol. The van der Waals surface area contributed by atoms with E-state index in [1.54, 1.807) is 0 Å². The molecule has 1 N–H and O–H groups in total. The first-order valence-corrected chi connectivity index (χ1v) is 8.21. The molecule has 0 aliphatic carbocycles. The molecule has 0 bridgehead atoms. The molecule has 2 rings (SSSR count). The molecule has 1 aromatic rings. The van der Waals surface area contributed by atoms with E-state index in [9.17, 15) is 0 Å². The summed E-state index contributed by atoms with van der Waals surface area (Å²) in [6.45, 7) is 7.80. The van der Waals surface area contributed by atoms with E-state index in [1.807, 2.05) is 11.3 Å². The second-order valence-electron chi connectivity index (χ2n) is 6.51. The molecule has 1 aliphatic rings. The summed E-state index contributed by atoms with van der Waals surface area (Å²) in [5.74, 6) is 0.